The van der Waals surface area contributed by atoms with Crippen molar-refractivity contribution in [3.05, 3.63) is 71.3 Å². The van der Waals surface area contributed by atoms with Gasteiger partial charge in [-0.3, -0.25) is 14.9 Å². The van der Waals surface area contributed by atoms with Crippen molar-refractivity contribution in [2.75, 3.05) is 17.6 Å². The van der Waals surface area contributed by atoms with Crippen molar-refractivity contribution in [2.24, 2.45) is 0 Å². The van der Waals surface area contributed by atoms with Crippen LogP contribution in [-0.4, -0.2) is 31.5 Å². The van der Waals surface area contributed by atoms with Crippen molar-refractivity contribution in [2.45, 2.75) is 9.79 Å². The lowest BCUT2D eigenvalue weighted by atomic mass is 10.2. The number of rotatable bonds is 9. The Bertz CT molecular complexity index is 946. The second-order valence-electron chi connectivity index (χ2n) is 5.20. The average molecular weight is 407 g/mol. The van der Waals surface area contributed by atoms with E-state index in [1.807, 2.05) is 30.3 Å². The van der Waals surface area contributed by atoms with E-state index in [2.05, 4.69) is 11.9 Å². The summed E-state index contributed by atoms with van der Waals surface area (Å²) >= 11 is 1.59. The molecule has 0 aliphatic rings. The maximum Gasteiger partial charge on any atom is 0.293 e. The molecule has 0 unspecified atom stereocenters. The molecule has 1 amide bonds. The van der Waals surface area contributed by atoms with Crippen LogP contribution in [0.25, 0.3) is 0 Å². The Hall–Kier alpha value is -2.85. The minimum absolute atomic E-state index is 0.197. The molecule has 2 aromatic carbocycles. The lowest BCUT2D eigenvalue weighted by molar-refractivity contribution is -0.384. The summed E-state index contributed by atoms with van der Waals surface area (Å²) in [5, 5.41) is 14.2. The highest BCUT2D eigenvalue weighted by molar-refractivity contribution is 7.99. The Morgan fingerprint density at radius 2 is 1.93 bits per heavy atom. The number of anilines is 1. The Morgan fingerprint density at radius 1 is 1.22 bits per heavy atom. The van der Waals surface area contributed by atoms with Gasteiger partial charge in [-0.25, -0.2) is 13.1 Å². The molecule has 0 aromatic heterocycles. The molecule has 2 N–H and O–H groups in total. The molecule has 0 fully saturated rings. The number of amides is 1. The van der Waals surface area contributed by atoms with Crippen LogP contribution in [0.5, 0.6) is 0 Å². The molecule has 0 atom stereocenters. The van der Waals surface area contributed by atoms with Crippen LogP contribution in [0.2, 0.25) is 0 Å². The van der Waals surface area contributed by atoms with E-state index in [1.165, 1.54) is 12.1 Å². The summed E-state index contributed by atoms with van der Waals surface area (Å²) in [4.78, 5) is 22.5. The summed E-state index contributed by atoms with van der Waals surface area (Å²) in [5.74, 6) is -0.255. The van der Waals surface area contributed by atoms with Crippen LogP contribution >= 0.6 is 11.8 Å². The fraction of sp³-hybridized carbons (Fsp3) is 0.118. The van der Waals surface area contributed by atoms with E-state index < -0.39 is 26.5 Å². The third kappa shape index (κ3) is 5.83. The first-order valence-electron chi connectivity index (χ1n) is 7.73. The number of nitrogens with one attached hydrogen (secondary N) is 2. The van der Waals surface area contributed by atoms with Crippen LogP contribution in [0.3, 0.4) is 0 Å². The van der Waals surface area contributed by atoms with Gasteiger partial charge in [-0.2, -0.15) is 0 Å². The number of carbonyl (C=O) groups is 1. The summed E-state index contributed by atoms with van der Waals surface area (Å²) in [6, 6.07) is 13.1. The summed E-state index contributed by atoms with van der Waals surface area (Å²) in [7, 11) is -4.21. The van der Waals surface area contributed by atoms with E-state index in [9.17, 15) is 23.3 Å². The van der Waals surface area contributed by atoms with Crippen molar-refractivity contribution in [3.8, 4) is 0 Å². The Morgan fingerprint density at radius 3 is 2.56 bits per heavy atom. The van der Waals surface area contributed by atoms with E-state index >= 15 is 0 Å². The molecule has 142 valence electrons. The zero-order valence-corrected chi connectivity index (χ0v) is 15.8. The Labute approximate surface area is 160 Å². The monoisotopic (exact) mass is 407 g/mol. The molecule has 10 heteroatoms. The highest BCUT2D eigenvalue weighted by Crippen LogP contribution is 2.28. The SMILES string of the molecule is C=CC(=O)NS(=O)(=O)c1ccc(NCCSc2ccccc2)c([N+](=O)[O-])c1. The topological polar surface area (TPSA) is 118 Å². The highest BCUT2D eigenvalue weighted by atomic mass is 32.2. The van der Waals surface area contributed by atoms with E-state index in [1.54, 1.807) is 16.5 Å². The Kier molecular flexibility index (Phi) is 6.97. The second kappa shape index (κ2) is 9.19. The van der Waals surface area contributed by atoms with Gasteiger partial charge in [0.15, 0.2) is 0 Å². The van der Waals surface area contributed by atoms with Crippen molar-refractivity contribution in [1.29, 1.82) is 0 Å². The minimum atomic E-state index is -4.21. The third-order valence-electron chi connectivity index (χ3n) is 3.33. The van der Waals surface area contributed by atoms with Crippen molar-refractivity contribution >= 4 is 39.1 Å². The van der Waals surface area contributed by atoms with Crippen molar-refractivity contribution < 1.29 is 18.1 Å². The number of nitro benzene ring substituents is 1. The molecular weight excluding hydrogens is 390 g/mol. The molecule has 0 aliphatic carbocycles. The lowest BCUT2D eigenvalue weighted by Gasteiger charge is -2.09. The van der Waals surface area contributed by atoms with Gasteiger partial charge in [-0.1, -0.05) is 24.8 Å². The summed E-state index contributed by atoms with van der Waals surface area (Å²) in [6.07, 6.45) is 0.798. The van der Waals surface area contributed by atoms with Gasteiger partial charge in [0.2, 0.25) is 0 Å². The zero-order valence-electron chi connectivity index (χ0n) is 14.1. The number of benzene rings is 2. The number of thioether (sulfide) groups is 1. The molecule has 2 rings (SSSR count). The number of nitrogens with zero attached hydrogens (tertiary/aromatic N) is 1. The molecule has 0 aliphatic heterocycles. The van der Waals surface area contributed by atoms with Gasteiger partial charge in [-0.15, -0.1) is 11.8 Å². The van der Waals surface area contributed by atoms with Gasteiger partial charge in [0, 0.05) is 23.3 Å². The molecule has 2 aromatic rings. The van der Waals surface area contributed by atoms with Crippen LogP contribution in [0.4, 0.5) is 11.4 Å². The van der Waals surface area contributed by atoms with E-state index in [-0.39, 0.29) is 10.6 Å². The maximum atomic E-state index is 12.1. The van der Waals surface area contributed by atoms with Crippen LogP contribution in [0, 0.1) is 10.1 Å². The molecule has 0 saturated carbocycles. The quantitative estimate of drug-likeness (QED) is 0.216. The van der Waals surface area contributed by atoms with Crippen LogP contribution < -0.4 is 10.0 Å². The van der Waals surface area contributed by atoms with Gasteiger partial charge < -0.3 is 5.32 Å². The third-order valence-corrected chi connectivity index (χ3v) is 5.68. The zero-order chi connectivity index (χ0) is 19.9. The summed E-state index contributed by atoms with van der Waals surface area (Å²) in [6.45, 7) is 3.61. The molecule has 0 bridgehead atoms. The maximum absolute atomic E-state index is 12.1. The van der Waals surface area contributed by atoms with Crippen LogP contribution in [0.1, 0.15) is 0 Å². The van der Waals surface area contributed by atoms with Gasteiger partial charge in [0.1, 0.15) is 5.69 Å². The Balaban J connectivity index is 2.10. The number of sulfonamides is 1. The lowest BCUT2D eigenvalue weighted by Crippen LogP contribution is -2.28. The predicted molar refractivity (Wildman–Crippen MR) is 104 cm³/mol. The van der Waals surface area contributed by atoms with E-state index in [4.69, 9.17) is 0 Å². The van der Waals surface area contributed by atoms with Gasteiger partial charge >= 0.3 is 0 Å². The largest absolute Gasteiger partial charge is 0.379 e. The van der Waals surface area contributed by atoms with Crippen LogP contribution in [0.15, 0.2) is 71.0 Å². The molecule has 8 nitrogen and oxygen atoms in total. The van der Waals surface area contributed by atoms with Gasteiger partial charge in [-0.05, 0) is 30.3 Å². The molecule has 0 saturated heterocycles. The molecular formula is C17H17N3O5S2. The van der Waals surface area contributed by atoms with Gasteiger partial charge in [0.25, 0.3) is 21.6 Å². The first-order chi connectivity index (χ1) is 12.8. The number of nitro groups is 1. The van der Waals surface area contributed by atoms with E-state index in [0.717, 1.165) is 17.0 Å². The summed E-state index contributed by atoms with van der Waals surface area (Å²) < 4.78 is 25.9. The first kappa shape index (κ1) is 20.5. The minimum Gasteiger partial charge on any atom is -0.379 e. The second-order valence-corrected chi connectivity index (χ2v) is 8.05. The first-order valence-corrected chi connectivity index (χ1v) is 10.2. The fourth-order valence-corrected chi connectivity index (χ4v) is 3.85. The fourth-order valence-electron chi connectivity index (χ4n) is 2.08. The van der Waals surface area contributed by atoms with Crippen molar-refractivity contribution in [3.63, 3.8) is 0 Å². The summed E-state index contributed by atoms with van der Waals surface area (Å²) in [5.41, 5.74) is -0.198. The predicted octanol–water partition coefficient (Wildman–Crippen LogP) is 2.79. The molecule has 27 heavy (non-hydrogen) atoms. The molecule has 0 radical (unpaired) electrons. The number of carbonyl (C=O) groups excluding carboxylic acids is 1. The molecule has 0 heterocycles. The van der Waals surface area contributed by atoms with E-state index in [0.29, 0.717) is 12.3 Å². The van der Waals surface area contributed by atoms with Crippen molar-refractivity contribution in [1.82, 2.24) is 4.72 Å². The highest BCUT2D eigenvalue weighted by Gasteiger charge is 2.22. The standard InChI is InChI=1S/C17H17N3O5S2/c1-2-17(21)19-27(24,25)14-8-9-15(16(12-14)20(22)23)18-10-11-26-13-6-4-3-5-7-13/h2-9,12,18H,1,10-11H2,(H,19,21). The normalized spacial score (nSPS) is 10.8. The van der Waals surface area contributed by atoms with Gasteiger partial charge in [0.05, 0.1) is 9.82 Å². The smallest absolute Gasteiger partial charge is 0.293 e. The number of hydrogen-bond donors (Lipinski definition) is 2. The number of hydrogen-bond acceptors (Lipinski definition) is 7. The van der Waals surface area contributed by atoms with Crippen LogP contribution in [-0.2, 0) is 14.8 Å². The molecule has 0 spiro atoms. The average Bonchev–Trinajstić information content (AvgIpc) is 2.65.